The Bertz CT molecular complexity index is 101. The van der Waals surface area contributed by atoms with Gasteiger partial charge in [0.25, 0.3) is 0 Å². The molecule has 0 amide bonds. The molecule has 4 heteroatoms. The topological polar surface area (TPSA) is 52.7 Å². The van der Waals surface area contributed by atoms with E-state index in [1.165, 1.54) is 30.2 Å². The molecule has 1 saturated heterocycles. The van der Waals surface area contributed by atoms with Crippen LogP contribution in [0.3, 0.4) is 0 Å². The van der Waals surface area contributed by atoms with E-state index in [1.54, 1.807) is 0 Å². The molecule has 1 unspecified atom stereocenters. The molecule has 1 aliphatic heterocycles. The van der Waals surface area contributed by atoms with Gasteiger partial charge in [0, 0.05) is 5.97 Å². The van der Waals surface area contributed by atoms with Crippen molar-refractivity contribution in [1.82, 2.24) is 0 Å². The monoisotopic (exact) mass is 194 g/mol. The molecule has 10 heavy (non-hydrogen) atoms. The number of aliphatic carboxylic acids is 1. The van der Waals surface area contributed by atoms with E-state index in [1.807, 2.05) is 0 Å². The standard InChI is InChI=1S/C3H6O2.C3H5O.Zn/c1-2-3(4)5;1-3-2-4-3;/h2H2,1H3,(H,4,5);3H,1-2H2;/q;;+1/p-1. The average Bonchev–Trinajstić information content (AvgIpc) is 2.70. The van der Waals surface area contributed by atoms with Gasteiger partial charge in [-0.1, -0.05) is 6.92 Å². The summed E-state index contributed by atoms with van der Waals surface area (Å²) in [6.45, 7) is 2.58. The molecule has 1 rings (SSSR count). The van der Waals surface area contributed by atoms with E-state index in [0.717, 1.165) is 6.61 Å². The number of hydrogen-bond donors (Lipinski definition) is 0. The quantitative estimate of drug-likeness (QED) is 0.441. The van der Waals surface area contributed by atoms with E-state index in [2.05, 4.69) is 0 Å². The minimum atomic E-state index is -0.995. The van der Waals surface area contributed by atoms with Crippen molar-refractivity contribution < 1.29 is 32.9 Å². The van der Waals surface area contributed by atoms with Gasteiger partial charge in [-0.2, -0.15) is 0 Å². The van der Waals surface area contributed by atoms with Crippen molar-refractivity contribution in [1.29, 1.82) is 0 Å². The number of carbonyl (C=O) groups excluding carboxylic acids is 1. The number of carboxylic acids is 1. The van der Waals surface area contributed by atoms with Gasteiger partial charge in [-0.25, -0.2) is 0 Å². The number of carbonyl (C=O) groups is 1. The Balaban J connectivity index is 0.000000162. The van der Waals surface area contributed by atoms with E-state index < -0.39 is 5.97 Å². The maximum atomic E-state index is 9.26. The minimum absolute atomic E-state index is 0.111. The van der Waals surface area contributed by atoms with E-state index >= 15 is 0 Å². The van der Waals surface area contributed by atoms with Gasteiger partial charge >= 0.3 is 40.8 Å². The van der Waals surface area contributed by atoms with Crippen molar-refractivity contribution in [3.05, 3.63) is 0 Å². The van der Waals surface area contributed by atoms with Crippen molar-refractivity contribution in [2.45, 2.75) is 24.5 Å². The van der Waals surface area contributed by atoms with Crippen molar-refractivity contribution in [3.63, 3.8) is 0 Å². The van der Waals surface area contributed by atoms with Gasteiger partial charge in [0.05, 0.1) is 0 Å². The van der Waals surface area contributed by atoms with Crippen LogP contribution in [0.5, 0.6) is 0 Å². The molecule has 0 spiro atoms. The Kier molecular flexibility index (Phi) is 5.84. The zero-order valence-corrected chi connectivity index (χ0v) is 9.10. The van der Waals surface area contributed by atoms with Crippen LogP contribution in [0.2, 0.25) is 5.02 Å². The van der Waals surface area contributed by atoms with Crippen molar-refractivity contribution in [2.75, 3.05) is 6.61 Å². The number of carboxylic acid groups (broad SMARTS) is 1. The van der Waals surface area contributed by atoms with Crippen LogP contribution in [-0.4, -0.2) is 18.7 Å². The summed E-state index contributed by atoms with van der Waals surface area (Å²) in [5, 5.41) is 10.6. The fraction of sp³-hybridized carbons (Fsp3) is 0.833. The zero-order valence-electron chi connectivity index (χ0n) is 6.13. The summed E-state index contributed by atoms with van der Waals surface area (Å²) in [5.74, 6) is -0.995. The van der Waals surface area contributed by atoms with E-state index in [9.17, 15) is 9.90 Å². The Morgan fingerprint density at radius 3 is 2.30 bits per heavy atom. The van der Waals surface area contributed by atoms with Gasteiger partial charge in [0.2, 0.25) is 0 Å². The second kappa shape index (κ2) is 5.81. The molecule has 0 aromatic carbocycles. The van der Waals surface area contributed by atoms with E-state index in [0.29, 0.717) is 6.10 Å². The second-order valence-corrected chi connectivity index (χ2v) is 3.18. The van der Waals surface area contributed by atoms with Gasteiger partial charge < -0.3 is 9.90 Å². The number of hydrogen-bond acceptors (Lipinski definition) is 3. The van der Waals surface area contributed by atoms with Gasteiger partial charge in [0.1, 0.15) is 0 Å². The molecule has 1 fully saturated rings. The molecule has 0 aromatic rings. The first-order valence-electron chi connectivity index (χ1n) is 3.31. The fourth-order valence-corrected chi connectivity index (χ4v) is 0.934. The fourth-order valence-electron chi connectivity index (χ4n) is 0.235. The van der Waals surface area contributed by atoms with Crippen molar-refractivity contribution in [3.8, 4) is 0 Å². The maximum absolute atomic E-state index is 9.26. The molecule has 3 nitrogen and oxygen atoms in total. The Morgan fingerprint density at radius 2 is 2.30 bits per heavy atom. The number of rotatable bonds is 2. The zero-order chi connectivity index (χ0) is 7.98. The molecule has 0 N–H and O–H groups in total. The van der Waals surface area contributed by atoms with Gasteiger partial charge in [-0.05, 0) is 6.42 Å². The second-order valence-electron chi connectivity index (χ2n) is 1.97. The third-order valence-corrected chi connectivity index (χ3v) is 2.36. The molecule has 1 atom stereocenters. The number of epoxide rings is 1. The van der Waals surface area contributed by atoms with Crippen LogP contribution in [-0.2, 0) is 27.8 Å². The van der Waals surface area contributed by atoms with Gasteiger partial charge in [0.15, 0.2) is 0 Å². The van der Waals surface area contributed by atoms with Crippen molar-refractivity contribution >= 4 is 5.97 Å². The Hall–Kier alpha value is 0.0534. The van der Waals surface area contributed by atoms with E-state index in [-0.39, 0.29) is 6.42 Å². The molecule has 0 bridgehead atoms. The molecular formula is C6H10O3Zn. The van der Waals surface area contributed by atoms with Gasteiger partial charge in [-0.15, -0.1) is 0 Å². The first kappa shape index (κ1) is 10.1. The molecule has 1 aliphatic rings. The van der Waals surface area contributed by atoms with Crippen LogP contribution < -0.4 is 5.11 Å². The Morgan fingerprint density at radius 1 is 1.90 bits per heavy atom. The SMILES string of the molecule is CCC(=O)[O-].[Zn+][CH2]C1CO1. The third-order valence-electron chi connectivity index (χ3n) is 1.01. The summed E-state index contributed by atoms with van der Waals surface area (Å²) >= 11 is 1.39. The summed E-state index contributed by atoms with van der Waals surface area (Å²) < 4.78 is 4.89. The van der Waals surface area contributed by atoms with Crippen LogP contribution in [0.4, 0.5) is 0 Å². The molecule has 0 saturated carbocycles. The molecular weight excluding hydrogens is 185 g/mol. The van der Waals surface area contributed by atoms with Crippen LogP contribution in [0.25, 0.3) is 0 Å². The molecule has 1 heterocycles. The van der Waals surface area contributed by atoms with Crippen LogP contribution in [0.15, 0.2) is 0 Å². The third kappa shape index (κ3) is 8.05. The summed E-state index contributed by atoms with van der Waals surface area (Å²) in [4.78, 5) is 9.26. The summed E-state index contributed by atoms with van der Waals surface area (Å²) in [6.07, 6.45) is 0.801. The first-order valence-corrected chi connectivity index (χ1v) is 5.41. The summed E-state index contributed by atoms with van der Waals surface area (Å²) in [5.41, 5.74) is 0. The predicted octanol–water partition coefficient (Wildman–Crippen LogP) is -0.503. The van der Waals surface area contributed by atoms with Crippen LogP contribution in [0.1, 0.15) is 13.3 Å². The molecule has 0 aliphatic carbocycles. The first-order chi connectivity index (χ1) is 4.70. The predicted molar refractivity (Wildman–Crippen MR) is 29.8 cm³/mol. The molecule has 0 aromatic heterocycles. The summed E-state index contributed by atoms with van der Waals surface area (Å²) in [6, 6.07) is 0. The van der Waals surface area contributed by atoms with Crippen LogP contribution in [0, 0.1) is 0 Å². The van der Waals surface area contributed by atoms with Crippen LogP contribution >= 0.6 is 0 Å². The molecule has 0 radical (unpaired) electrons. The number of ether oxygens (including phenoxy) is 1. The summed E-state index contributed by atoms with van der Waals surface area (Å²) in [7, 11) is 0. The Labute approximate surface area is 70.4 Å². The normalized spacial score (nSPS) is 20.9. The molecule has 54 valence electrons. The van der Waals surface area contributed by atoms with E-state index in [4.69, 9.17) is 4.74 Å². The van der Waals surface area contributed by atoms with Crippen molar-refractivity contribution in [2.24, 2.45) is 0 Å². The van der Waals surface area contributed by atoms with Gasteiger partial charge in [-0.3, -0.25) is 0 Å². The average molecular weight is 196 g/mol.